The highest BCUT2D eigenvalue weighted by molar-refractivity contribution is 5.96. The molecule has 0 aromatic rings. The topological polar surface area (TPSA) is 58.6 Å². The third-order valence-electron chi connectivity index (χ3n) is 2.72. The van der Waals surface area contributed by atoms with E-state index in [1.54, 1.807) is 4.90 Å². The van der Waals surface area contributed by atoms with Crippen LogP contribution in [0.4, 0.5) is 4.79 Å². The minimum Gasteiger partial charge on any atom is -0.381 e. The molecule has 0 aromatic carbocycles. The summed E-state index contributed by atoms with van der Waals surface area (Å²) in [6.07, 6.45) is 2.17. The summed E-state index contributed by atoms with van der Waals surface area (Å²) in [5, 5.41) is 2.33. The largest absolute Gasteiger partial charge is 0.381 e. The molecule has 2 heterocycles. The molecule has 5 nitrogen and oxygen atoms in total. The lowest BCUT2D eigenvalue weighted by atomic mass is 10.1. The predicted octanol–water partition coefficient (Wildman–Crippen LogP) is 0.107. The number of nitrogens with zero attached hydrogens (tertiary/aromatic N) is 1. The number of carbonyl (C=O) groups excluding carboxylic acids is 2. The highest BCUT2D eigenvalue weighted by Gasteiger charge is 2.30. The number of rotatable bonds is 1. The molecule has 0 aliphatic carbocycles. The summed E-state index contributed by atoms with van der Waals surface area (Å²) >= 11 is 0. The lowest BCUT2D eigenvalue weighted by Gasteiger charge is -2.36. The molecule has 2 saturated heterocycles. The third-order valence-corrected chi connectivity index (χ3v) is 2.72. The van der Waals surface area contributed by atoms with Crippen molar-refractivity contribution in [3.63, 3.8) is 0 Å². The second-order valence-corrected chi connectivity index (χ2v) is 3.64. The number of carbonyl (C=O) groups is 2. The summed E-state index contributed by atoms with van der Waals surface area (Å²) in [6.45, 7) is 1.97. The molecule has 2 rings (SSSR count). The normalized spacial score (nSPS) is 25.0. The lowest BCUT2D eigenvalue weighted by molar-refractivity contribution is -0.121. The Bertz CT molecular complexity index is 248. The van der Waals surface area contributed by atoms with Crippen LogP contribution in [0.2, 0.25) is 0 Å². The molecule has 0 radical (unpaired) electrons. The highest BCUT2D eigenvalue weighted by atomic mass is 16.5. The summed E-state index contributed by atoms with van der Waals surface area (Å²) in [5.74, 6) is -0.168. The van der Waals surface area contributed by atoms with Crippen LogP contribution in [0.3, 0.4) is 0 Å². The van der Waals surface area contributed by atoms with E-state index in [0.29, 0.717) is 26.2 Å². The van der Waals surface area contributed by atoms with Crippen molar-refractivity contribution >= 4 is 11.9 Å². The maximum atomic E-state index is 11.5. The average molecular weight is 198 g/mol. The van der Waals surface area contributed by atoms with Gasteiger partial charge in [0.2, 0.25) is 5.91 Å². The molecule has 2 aliphatic heterocycles. The van der Waals surface area contributed by atoms with Crippen LogP contribution in [-0.4, -0.2) is 42.6 Å². The van der Waals surface area contributed by atoms with Gasteiger partial charge in [-0.25, -0.2) is 4.79 Å². The first-order valence-corrected chi connectivity index (χ1v) is 4.95. The van der Waals surface area contributed by atoms with E-state index in [4.69, 9.17) is 4.74 Å². The molecule has 3 amide bonds. The van der Waals surface area contributed by atoms with Crippen LogP contribution < -0.4 is 5.32 Å². The fourth-order valence-electron chi connectivity index (χ4n) is 1.92. The fourth-order valence-corrected chi connectivity index (χ4v) is 1.92. The Hall–Kier alpha value is -1.10. The molecule has 0 unspecified atom stereocenters. The van der Waals surface area contributed by atoms with Crippen LogP contribution in [0.25, 0.3) is 0 Å². The molecule has 0 atom stereocenters. The van der Waals surface area contributed by atoms with Crippen molar-refractivity contribution in [3.8, 4) is 0 Å². The zero-order valence-electron chi connectivity index (χ0n) is 7.99. The van der Waals surface area contributed by atoms with Crippen LogP contribution in [0, 0.1) is 0 Å². The number of ether oxygens (including phenoxy) is 1. The maximum absolute atomic E-state index is 11.5. The quantitative estimate of drug-likeness (QED) is 0.650. The minimum atomic E-state index is -0.242. The zero-order valence-corrected chi connectivity index (χ0v) is 7.99. The lowest BCUT2D eigenvalue weighted by Crippen LogP contribution is -2.54. The fraction of sp³-hybridized carbons (Fsp3) is 0.778. The van der Waals surface area contributed by atoms with Crippen molar-refractivity contribution in [3.05, 3.63) is 0 Å². The van der Waals surface area contributed by atoms with E-state index in [1.807, 2.05) is 0 Å². The smallest absolute Gasteiger partial charge is 0.324 e. The van der Waals surface area contributed by atoms with Gasteiger partial charge in [0.15, 0.2) is 0 Å². The van der Waals surface area contributed by atoms with E-state index in [9.17, 15) is 9.59 Å². The van der Waals surface area contributed by atoms with Crippen LogP contribution >= 0.6 is 0 Å². The van der Waals surface area contributed by atoms with E-state index >= 15 is 0 Å². The van der Waals surface area contributed by atoms with Crippen molar-refractivity contribution in [1.82, 2.24) is 10.2 Å². The number of amides is 3. The summed E-state index contributed by atoms with van der Waals surface area (Å²) in [4.78, 5) is 24.1. The molecule has 0 bridgehead atoms. The van der Waals surface area contributed by atoms with Crippen molar-refractivity contribution in [2.45, 2.75) is 25.3 Å². The number of imide groups is 1. The van der Waals surface area contributed by atoms with Gasteiger partial charge in [-0.15, -0.1) is 0 Å². The van der Waals surface area contributed by atoms with Gasteiger partial charge in [-0.3, -0.25) is 10.1 Å². The zero-order chi connectivity index (χ0) is 9.97. The Balaban J connectivity index is 1.95. The third kappa shape index (κ3) is 1.87. The van der Waals surface area contributed by atoms with Crippen molar-refractivity contribution in [2.75, 3.05) is 19.8 Å². The molecule has 1 N–H and O–H groups in total. The molecular formula is C9H14N2O3. The van der Waals surface area contributed by atoms with E-state index < -0.39 is 0 Å². The first-order valence-electron chi connectivity index (χ1n) is 4.95. The van der Waals surface area contributed by atoms with E-state index in [0.717, 1.165) is 12.8 Å². The SMILES string of the molecule is O=C1CCN(C2CCOCC2)C(=O)N1. The van der Waals surface area contributed by atoms with Gasteiger partial charge in [-0.1, -0.05) is 0 Å². The van der Waals surface area contributed by atoms with Gasteiger partial charge in [0.1, 0.15) is 0 Å². The van der Waals surface area contributed by atoms with E-state index in [-0.39, 0.29) is 18.0 Å². The first kappa shape index (κ1) is 9.45. The Morgan fingerprint density at radius 2 is 2.00 bits per heavy atom. The number of urea groups is 1. The first-order chi connectivity index (χ1) is 6.77. The summed E-state index contributed by atoms with van der Waals surface area (Å²) in [6, 6.07) is 0.00463. The Morgan fingerprint density at radius 1 is 1.29 bits per heavy atom. The van der Waals surface area contributed by atoms with Crippen molar-refractivity contribution in [1.29, 1.82) is 0 Å². The molecule has 0 spiro atoms. The minimum absolute atomic E-state index is 0.168. The number of hydrogen-bond acceptors (Lipinski definition) is 3. The molecule has 2 fully saturated rings. The molecule has 14 heavy (non-hydrogen) atoms. The molecule has 0 saturated carbocycles. The monoisotopic (exact) mass is 198 g/mol. The summed E-state index contributed by atoms with van der Waals surface area (Å²) in [5.41, 5.74) is 0. The Morgan fingerprint density at radius 3 is 2.64 bits per heavy atom. The second kappa shape index (κ2) is 3.96. The Kier molecular flexibility index (Phi) is 2.67. The van der Waals surface area contributed by atoms with Crippen LogP contribution in [0.1, 0.15) is 19.3 Å². The van der Waals surface area contributed by atoms with Gasteiger partial charge in [-0.2, -0.15) is 0 Å². The van der Waals surface area contributed by atoms with Gasteiger partial charge in [0.05, 0.1) is 0 Å². The van der Waals surface area contributed by atoms with Crippen molar-refractivity contribution in [2.24, 2.45) is 0 Å². The second-order valence-electron chi connectivity index (χ2n) is 3.64. The van der Waals surface area contributed by atoms with Gasteiger partial charge in [0.25, 0.3) is 0 Å². The van der Waals surface area contributed by atoms with Crippen LogP contribution in [0.5, 0.6) is 0 Å². The number of nitrogens with one attached hydrogen (secondary N) is 1. The van der Waals surface area contributed by atoms with Crippen LogP contribution in [0.15, 0.2) is 0 Å². The molecule has 78 valence electrons. The van der Waals surface area contributed by atoms with E-state index in [1.165, 1.54) is 0 Å². The summed E-state index contributed by atoms with van der Waals surface area (Å²) < 4.78 is 5.22. The molecule has 5 heteroatoms. The summed E-state index contributed by atoms with van der Waals surface area (Å²) in [7, 11) is 0. The number of hydrogen-bond donors (Lipinski definition) is 1. The molecule has 2 aliphatic rings. The van der Waals surface area contributed by atoms with Crippen molar-refractivity contribution < 1.29 is 14.3 Å². The van der Waals surface area contributed by atoms with Gasteiger partial charge >= 0.3 is 6.03 Å². The molecular weight excluding hydrogens is 184 g/mol. The van der Waals surface area contributed by atoms with E-state index in [2.05, 4.69) is 5.32 Å². The highest BCUT2D eigenvalue weighted by Crippen LogP contribution is 2.16. The Labute approximate surface area is 82.4 Å². The van der Waals surface area contributed by atoms with Gasteiger partial charge < -0.3 is 9.64 Å². The molecule has 0 aromatic heterocycles. The van der Waals surface area contributed by atoms with Crippen LogP contribution in [-0.2, 0) is 9.53 Å². The van der Waals surface area contributed by atoms with Gasteiger partial charge in [-0.05, 0) is 12.8 Å². The standard InChI is InChI=1S/C9H14N2O3/c12-8-1-4-11(9(13)10-8)7-2-5-14-6-3-7/h7H,1-6H2,(H,10,12,13). The van der Waals surface area contributed by atoms with Gasteiger partial charge in [0, 0.05) is 32.2 Å². The average Bonchev–Trinajstić information content (AvgIpc) is 2.19. The maximum Gasteiger partial charge on any atom is 0.324 e. The predicted molar refractivity (Wildman–Crippen MR) is 48.7 cm³/mol.